The van der Waals surface area contributed by atoms with Crippen LogP contribution in [0.25, 0.3) is 0 Å². The molecule has 1 unspecified atom stereocenters. The van der Waals surface area contributed by atoms with E-state index >= 15 is 0 Å². The van der Waals surface area contributed by atoms with Gasteiger partial charge >= 0.3 is 0 Å². The summed E-state index contributed by atoms with van der Waals surface area (Å²) < 4.78 is 31.0. The van der Waals surface area contributed by atoms with Gasteiger partial charge in [-0.05, 0) is 49.9 Å². The van der Waals surface area contributed by atoms with Crippen molar-refractivity contribution in [1.29, 1.82) is 0 Å². The highest BCUT2D eigenvalue weighted by Gasteiger charge is 2.65. The first-order chi connectivity index (χ1) is 11.0. The van der Waals surface area contributed by atoms with Crippen molar-refractivity contribution in [3.63, 3.8) is 0 Å². The average molecular weight is 362 g/mol. The molecule has 24 heavy (non-hydrogen) atoms. The molecule has 2 saturated carbocycles. The minimum absolute atomic E-state index is 0.0152. The number of rotatable bonds is 3. The van der Waals surface area contributed by atoms with Crippen LogP contribution in [-0.2, 0) is 14.9 Å². The molecule has 0 aromatic rings. The SMILES string of the molecule is CC1(C)C2CC[C@@]1(CS(=O)(=O)O)C(=O)C2.C[C@@H]1CC[C@@H](CO)CN1. The van der Waals surface area contributed by atoms with Gasteiger partial charge < -0.3 is 10.4 Å². The van der Waals surface area contributed by atoms with Crippen molar-refractivity contribution in [3.05, 3.63) is 0 Å². The number of hydrogen-bond acceptors (Lipinski definition) is 5. The topological polar surface area (TPSA) is 104 Å². The number of carbonyl (C=O) groups excluding carboxylic acids is 1. The number of nitrogens with one attached hydrogen (secondary N) is 1. The van der Waals surface area contributed by atoms with Crippen LogP contribution in [0.3, 0.4) is 0 Å². The van der Waals surface area contributed by atoms with E-state index in [1.807, 2.05) is 13.8 Å². The Kier molecular flexibility index (Phi) is 5.79. The zero-order valence-corrected chi connectivity index (χ0v) is 15.7. The molecular formula is C17H31NO5S. The van der Waals surface area contributed by atoms with E-state index < -0.39 is 21.3 Å². The number of ketones is 1. The van der Waals surface area contributed by atoms with Crippen LogP contribution >= 0.6 is 0 Å². The minimum Gasteiger partial charge on any atom is -0.396 e. The highest BCUT2D eigenvalue weighted by Crippen LogP contribution is 2.64. The lowest BCUT2D eigenvalue weighted by molar-refractivity contribution is -0.128. The van der Waals surface area contributed by atoms with Gasteiger partial charge in [0.25, 0.3) is 10.1 Å². The summed E-state index contributed by atoms with van der Waals surface area (Å²) in [6, 6.07) is 0.660. The Hall–Kier alpha value is -0.500. The molecule has 1 aliphatic heterocycles. The third kappa shape index (κ3) is 3.84. The van der Waals surface area contributed by atoms with Gasteiger partial charge in [0.15, 0.2) is 0 Å². The Balaban J connectivity index is 0.000000198. The normalized spacial score (nSPS) is 37.9. The van der Waals surface area contributed by atoms with Crippen molar-refractivity contribution in [1.82, 2.24) is 5.32 Å². The van der Waals surface area contributed by atoms with Crippen molar-refractivity contribution >= 4 is 15.9 Å². The summed E-state index contributed by atoms with van der Waals surface area (Å²) in [5.41, 5.74) is -1.12. The number of fused-ring (bicyclic) bond motifs is 2. The maximum absolute atomic E-state index is 11.9. The average Bonchev–Trinajstić information content (AvgIpc) is 2.81. The predicted molar refractivity (Wildman–Crippen MR) is 92.3 cm³/mol. The van der Waals surface area contributed by atoms with Gasteiger partial charge in [-0.3, -0.25) is 9.35 Å². The van der Waals surface area contributed by atoms with Crippen LogP contribution in [0, 0.1) is 22.7 Å². The standard InChI is InChI=1S/C10H16O4S.C7H15NO/c1-9(2)7-3-4-10(9,8(11)5-7)6-15(12,13)14;1-6-2-3-7(5-9)4-8-6/h7H,3-6H2,1-2H3,(H,12,13,14);6-9H,2-5H2,1H3/t7?,10-;6-,7-/m11/s1. The number of carbonyl (C=O) groups is 1. The fraction of sp³-hybridized carbons (Fsp3) is 0.941. The third-order valence-electron chi connectivity index (χ3n) is 6.59. The van der Waals surface area contributed by atoms with Crippen molar-refractivity contribution in [3.8, 4) is 0 Å². The van der Waals surface area contributed by atoms with Crippen LogP contribution in [0.4, 0.5) is 0 Å². The molecule has 0 aromatic carbocycles. The van der Waals surface area contributed by atoms with E-state index in [0.717, 1.165) is 13.0 Å². The molecule has 0 aromatic heterocycles. The van der Waals surface area contributed by atoms with Gasteiger partial charge in [0.2, 0.25) is 0 Å². The third-order valence-corrected chi connectivity index (χ3v) is 7.45. The summed E-state index contributed by atoms with van der Waals surface area (Å²) in [7, 11) is -4.08. The van der Waals surface area contributed by atoms with Crippen molar-refractivity contribution in [2.75, 3.05) is 18.9 Å². The quantitative estimate of drug-likeness (QED) is 0.660. The molecule has 6 nitrogen and oxygen atoms in total. The zero-order chi connectivity index (χ0) is 18.2. The fourth-order valence-electron chi connectivity index (χ4n) is 4.63. The molecular weight excluding hydrogens is 330 g/mol. The van der Waals surface area contributed by atoms with E-state index in [4.69, 9.17) is 9.66 Å². The van der Waals surface area contributed by atoms with Crippen LogP contribution in [0.2, 0.25) is 0 Å². The Morgan fingerprint density at radius 1 is 1.25 bits per heavy atom. The van der Waals surface area contributed by atoms with Gasteiger partial charge in [0.05, 0.1) is 11.2 Å². The lowest BCUT2D eigenvalue weighted by Gasteiger charge is -2.35. The van der Waals surface area contributed by atoms with Crippen LogP contribution in [-0.4, -0.2) is 48.8 Å². The minimum atomic E-state index is -4.08. The smallest absolute Gasteiger partial charge is 0.265 e. The van der Waals surface area contributed by atoms with Crippen molar-refractivity contribution in [2.24, 2.45) is 22.7 Å². The second-order valence-corrected chi connectivity index (χ2v) is 9.78. The summed E-state index contributed by atoms with van der Waals surface area (Å²) in [6.07, 6.45) is 4.37. The van der Waals surface area contributed by atoms with Crippen LogP contribution in [0.5, 0.6) is 0 Å². The molecule has 0 amide bonds. The first kappa shape index (κ1) is 19.8. The Morgan fingerprint density at radius 2 is 1.92 bits per heavy atom. The zero-order valence-electron chi connectivity index (χ0n) is 14.9. The molecule has 1 heterocycles. The molecule has 3 N–H and O–H groups in total. The van der Waals surface area contributed by atoms with Gasteiger partial charge in [0, 0.05) is 25.6 Å². The molecule has 140 valence electrons. The molecule has 3 rings (SSSR count). The van der Waals surface area contributed by atoms with E-state index in [-0.39, 0.29) is 17.1 Å². The van der Waals surface area contributed by atoms with Gasteiger partial charge in [-0.15, -0.1) is 0 Å². The van der Waals surface area contributed by atoms with Crippen molar-refractivity contribution < 1.29 is 22.9 Å². The Labute approximate surface area is 145 Å². The number of aliphatic hydroxyl groups excluding tert-OH is 1. The molecule has 1 saturated heterocycles. The maximum Gasteiger partial charge on any atom is 0.265 e. The summed E-state index contributed by atoms with van der Waals surface area (Å²) in [5, 5.41) is 12.1. The monoisotopic (exact) mass is 361 g/mol. The van der Waals surface area contributed by atoms with E-state index in [9.17, 15) is 13.2 Å². The summed E-state index contributed by atoms with van der Waals surface area (Å²) >= 11 is 0. The molecule has 0 radical (unpaired) electrons. The van der Waals surface area contributed by atoms with Crippen LogP contribution in [0.1, 0.15) is 52.9 Å². The van der Waals surface area contributed by atoms with Gasteiger partial charge in [-0.2, -0.15) is 8.42 Å². The molecule has 0 spiro atoms. The molecule has 2 bridgehead atoms. The lowest BCUT2D eigenvalue weighted by Crippen LogP contribution is -2.42. The molecule has 2 aliphatic carbocycles. The summed E-state index contributed by atoms with van der Waals surface area (Å²) in [6.45, 7) is 7.42. The van der Waals surface area contributed by atoms with Crippen LogP contribution in [0.15, 0.2) is 0 Å². The Bertz CT molecular complexity index is 566. The molecule has 4 atom stereocenters. The predicted octanol–water partition coefficient (Wildman–Crippen LogP) is 1.64. The second-order valence-electron chi connectivity index (χ2n) is 8.33. The van der Waals surface area contributed by atoms with Gasteiger partial charge in [-0.25, -0.2) is 0 Å². The largest absolute Gasteiger partial charge is 0.396 e. The number of aliphatic hydroxyl groups is 1. The number of Topliss-reactive ketones (excluding diaryl/α,β-unsaturated/α-hetero) is 1. The van der Waals surface area contributed by atoms with Crippen molar-refractivity contribution in [2.45, 2.75) is 58.9 Å². The fourth-order valence-corrected chi connectivity index (χ4v) is 5.93. The lowest BCUT2D eigenvalue weighted by atomic mass is 9.70. The second kappa shape index (κ2) is 7.02. The van der Waals surface area contributed by atoms with Gasteiger partial charge in [0.1, 0.15) is 5.78 Å². The van der Waals surface area contributed by atoms with E-state index in [2.05, 4.69) is 12.2 Å². The Morgan fingerprint density at radius 3 is 2.29 bits per heavy atom. The summed E-state index contributed by atoms with van der Waals surface area (Å²) in [4.78, 5) is 11.9. The summed E-state index contributed by atoms with van der Waals surface area (Å²) in [5.74, 6) is 0.414. The number of hydrogen-bond donors (Lipinski definition) is 3. The van der Waals surface area contributed by atoms with E-state index in [1.54, 1.807) is 0 Å². The first-order valence-electron chi connectivity index (χ1n) is 8.84. The maximum atomic E-state index is 11.9. The molecule has 3 fully saturated rings. The van der Waals surface area contributed by atoms with E-state index in [1.165, 1.54) is 12.8 Å². The molecule has 7 heteroatoms. The first-order valence-corrected chi connectivity index (χ1v) is 10.5. The highest BCUT2D eigenvalue weighted by atomic mass is 32.2. The van der Waals surface area contributed by atoms with Crippen LogP contribution < -0.4 is 5.32 Å². The van der Waals surface area contributed by atoms with E-state index in [0.29, 0.717) is 31.4 Å². The van der Waals surface area contributed by atoms with Gasteiger partial charge in [-0.1, -0.05) is 13.8 Å². The molecule has 3 aliphatic rings. The number of piperidine rings is 1. The highest BCUT2D eigenvalue weighted by molar-refractivity contribution is 7.85.